The first-order valence-electron chi connectivity index (χ1n) is 5.63. The molecule has 0 aromatic carbocycles. The normalized spacial score (nSPS) is 31.3. The predicted octanol–water partition coefficient (Wildman–Crippen LogP) is 1.75. The zero-order valence-electron chi connectivity index (χ0n) is 9.66. The molecule has 4 nitrogen and oxygen atoms in total. The SMILES string of the molecule is CC(C)N1C(=O)N=C(N)C1(C)CC1CC1. The van der Waals surface area contributed by atoms with E-state index in [-0.39, 0.29) is 17.6 Å². The van der Waals surface area contributed by atoms with Crippen LogP contribution < -0.4 is 5.73 Å². The van der Waals surface area contributed by atoms with Gasteiger partial charge in [-0.05, 0) is 33.1 Å². The van der Waals surface area contributed by atoms with E-state index >= 15 is 0 Å². The van der Waals surface area contributed by atoms with Crippen LogP contribution in [0, 0.1) is 5.92 Å². The predicted molar refractivity (Wildman–Crippen MR) is 59.7 cm³/mol. The number of rotatable bonds is 3. The Labute approximate surface area is 90.5 Å². The largest absolute Gasteiger partial charge is 0.385 e. The van der Waals surface area contributed by atoms with Gasteiger partial charge in [-0.25, -0.2) is 4.79 Å². The van der Waals surface area contributed by atoms with Crippen LogP contribution in [0.15, 0.2) is 4.99 Å². The lowest BCUT2D eigenvalue weighted by Gasteiger charge is -2.37. The maximum absolute atomic E-state index is 11.7. The van der Waals surface area contributed by atoms with Gasteiger partial charge in [0.05, 0.1) is 5.54 Å². The lowest BCUT2D eigenvalue weighted by atomic mass is 9.91. The van der Waals surface area contributed by atoms with Gasteiger partial charge in [0.15, 0.2) is 0 Å². The molecule has 1 atom stereocenters. The third kappa shape index (κ3) is 1.62. The van der Waals surface area contributed by atoms with E-state index in [2.05, 4.69) is 4.99 Å². The second-order valence-corrected chi connectivity index (χ2v) is 5.16. The van der Waals surface area contributed by atoms with Gasteiger partial charge in [0, 0.05) is 6.04 Å². The van der Waals surface area contributed by atoms with Crippen LogP contribution in [-0.4, -0.2) is 28.3 Å². The number of urea groups is 1. The summed E-state index contributed by atoms with van der Waals surface area (Å²) in [6.07, 6.45) is 3.50. The van der Waals surface area contributed by atoms with Gasteiger partial charge in [-0.15, -0.1) is 0 Å². The van der Waals surface area contributed by atoms with E-state index < -0.39 is 0 Å². The topological polar surface area (TPSA) is 58.7 Å². The minimum Gasteiger partial charge on any atom is -0.385 e. The van der Waals surface area contributed by atoms with Crippen LogP contribution in [0.3, 0.4) is 0 Å². The van der Waals surface area contributed by atoms with Crippen molar-refractivity contribution in [2.75, 3.05) is 0 Å². The van der Waals surface area contributed by atoms with Crippen LogP contribution in [0.4, 0.5) is 4.79 Å². The van der Waals surface area contributed by atoms with Gasteiger partial charge in [0.2, 0.25) is 0 Å². The monoisotopic (exact) mass is 209 g/mol. The maximum atomic E-state index is 11.7. The fourth-order valence-electron chi connectivity index (χ4n) is 2.49. The molecule has 2 N–H and O–H groups in total. The van der Waals surface area contributed by atoms with Gasteiger partial charge in [-0.1, -0.05) is 12.8 Å². The quantitative estimate of drug-likeness (QED) is 0.769. The Bertz CT molecular complexity index is 320. The number of aliphatic imine (C=N–C) groups is 1. The molecule has 1 fully saturated rings. The molecule has 15 heavy (non-hydrogen) atoms. The molecule has 2 aliphatic rings. The Morgan fingerprint density at radius 1 is 1.60 bits per heavy atom. The zero-order valence-corrected chi connectivity index (χ0v) is 9.66. The maximum Gasteiger partial charge on any atom is 0.346 e. The summed E-state index contributed by atoms with van der Waals surface area (Å²) in [5.41, 5.74) is 5.55. The number of hydrogen-bond donors (Lipinski definition) is 1. The summed E-state index contributed by atoms with van der Waals surface area (Å²) in [7, 11) is 0. The first-order chi connectivity index (χ1) is 6.95. The molecule has 0 aromatic heterocycles. The Kier molecular flexibility index (Phi) is 2.24. The average molecular weight is 209 g/mol. The number of carbonyl (C=O) groups excluding carboxylic acids is 1. The highest BCUT2D eigenvalue weighted by molar-refractivity contribution is 6.05. The fraction of sp³-hybridized carbons (Fsp3) is 0.818. The highest BCUT2D eigenvalue weighted by Crippen LogP contribution is 2.41. The third-order valence-corrected chi connectivity index (χ3v) is 3.41. The van der Waals surface area contributed by atoms with Gasteiger partial charge in [-0.2, -0.15) is 4.99 Å². The summed E-state index contributed by atoms with van der Waals surface area (Å²) < 4.78 is 0. The smallest absolute Gasteiger partial charge is 0.346 e. The average Bonchev–Trinajstić information content (AvgIpc) is 2.82. The first kappa shape index (κ1) is 10.5. The van der Waals surface area contributed by atoms with Crippen molar-refractivity contribution >= 4 is 11.9 Å². The minimum atomic E-state index is -0.341. The van der Waals surface area contributed by atoms with Gasteiger partial charge in [-0.3, -0.25) is 0 Å². The lowest BCUT2D eigenvalue weighted by molar-refractivity contribution is 0.147. The van der Waals surface area contributed by atoms with Crippen LogP contribution in [0.2, 0.25) is 0 Å². The van der Waals surface area contributed by atoms with Crippen molar-refractivity contribution in [1.82, 2.24) is 4.90 Å². The van der Waals surface area contributed by atoms with Crippen LogP contribution >= 0.6 is 0 Å². The van der Waals surface area contributed by atoms with Crippen molar-refractivity contribution in [3.63, 3.8) is 0 Å². The van der Waals surface area contributed by atoms with E-state index in [4.69, 9.17) is 5.73 Å². The number of amides is 2. The van der Waals surface area contributed by atoms with Crippen molar-refractivity contribution in [3.05, 3.63) is 0 Å². The molecule has 4 heteroatoms. The van der Waals surface area contributed by atoms with Crippen molar-refractivity contribution in [3.8, 4) is 0 Å². The summed E-state index contributed by atoms with van der Waals surface area (Å²) in [6, 6.07) is -0.0169. The van der Waals surface area contributed by atoms with Gasteiger partial charge >= 0.3 is 6.03 Å². The standard InChI is InChI=1S/C11H19N3O/c1-7(2)14-10(15)13-9(12)11(14,3)6-8-4-5-8/h7-8H,4-6H2,1-3H3,(H2,12,13,15). The Hall–Kier alpha value is -1.06. The van der Waals surface area contributed by atoms with Crippen LogP contribution in [0.25, 0.3) is 0 Å². The highest BCUT2D eigenvalue weighted by Gasteiger charge is 2.48. The van der Waals surface area contributed by atoms with Crippen LogP contribution in [-0.2, 0) is 0 Å². The molecule has 0 radical (unpaired) electrons. The molecule has 0 saturated heterocycles. The van der Waals surface area contributed by atoms with Crippen LogP contribution in [0.5, 0.6) is 0 Å². The molecule has 1 saturated carbocycles. The summed E-state index contributed by atoms with van der Waals surface area (Å²) in [4.78, 5) is 17.4. The second-order valence-electron chi connectivity index (χ2n) is 5.16. The van der Waals surface area contributed by atoms with Crippen molar-refractivity contribution in [2.24, 2.45) is 16.6 Å². The summed E-state index contributed by atoms with van der Waals surface area (Å²) in [5.74, 6) is 1.23. The van der Waals surface area contributed by atoms with E-state index in [0.29, 0.717) is 5.84 Å². The Morgan fingerprint density at radius 2 is 2.20 bits per heavy atom. The minimum absolute atomic E-state index is 0.158. The number of nitrogens with two attached hydrogens (primary N) is 1. The summed E-state index contributed by atoms with van der Waals surface area (Å²) in [5, 5.41) is 0. The molecule has 1 aliphatic heterocycles. The fourth-order valence-corrected chi connectivity index (χ4v) is 2.49. The van der Waals surface area contributed by atoms with Gasteiger partial charge in [0.1, 0.15) is 5.84 Å². The molecule has 2 rings (SSSR count). The molecular weight excluding hydrogens is 190 g/mol. The van der Waals surface area contributed by atoms with E-state index in [1.165, 1.54) is 12.8 Å². The molecule has 84 valence electrons. The number of nitrogens with zero attached hydrogens (tertiary/aromatic N) is 2. The molecule has 2 amide bonds. The molecule has 0 bridgehead atoms. The van der Waals surface area contributed by atoms with E-state index in [1.54, 1.807) is 0 Å². The summed E-state index contributed by atoms with van der Waals surface area (Å²) >= 11 is 0. The lowest BCUT2D eigenvalue weighted by Crippen LogP contribution is -2.54. The molecular formula is C11H19N3O. The Morgan fingerprint density at radius 3 is 2.67 bits per heavy atom. The molecule has 1 unspecified atom stereocenters. The number of carbonyl (C=O) groups is 1. The highest BCUT2D eigenvalue weighted by atomic mass is 16.2. The van der Waals surface area contributed by atoms with E-state index in [9.17, 15) is 4.79 Å². The first-order valence-corrected chi connectivity index (χ1v) is 5.63. The van der Waals surface area contributed by atoms with E-state index in [0.717, 1.165) is 12.3 Å². The van der Waals surface area contributed by atoms with E-state index in [1.807, 2.05) is 25.7 Å². The molecule has 0 spiro atoms. The van der Waals surface area contributed by atoms with Gasteiger partial charge < -0.3 is 10.6 Å². The third-order valence-electron chi connectivity index (χ3n) is 3.41. The molecule has 1 aliphatic carbocycles. The zero-order chi connectivity index (χ0) is 11.2. The second kappa shape index (κ2) is 3.22. The Balaban J connectivity index is 2.24. The van der Waals surface area contributed by atoms with Crippen molar-refractivity contribution < 1.29 is 4.79 Å². The molecule has 1 heterocycles. The number of amidine groups is 1. The van der Waals surface area contributed by atoms with Crippen molar-refractivity contribution in [1.29, 1.82) is 0 Å². The van der Waals surface area contributed by atoms with Crippen molar-refractivity contribution in [2.45, 2.75) is 51.6 Å². The number of hydrogen-bond acceptors (Lipinski definition) is 2. The summed E-state index contributed by atoms with van der Waals surface area (Å²) in [6.45, 7) is 6.06. The molecule has 0 aromatic rings. The van der Waals surface area contributed by atoms with Crippen LogP contribution in [0.1, 0.15) is 40.0 Å². The van der Waals surface area contributed by atoms with Gasteiger partial charge in [0.25, 0.3) is 0 Å².